The Kier molecular flexibility index (Phi) is 4.56. The molecule has 16 heavy (non-hydrogen) atoms. The second-order valence-electron chi connectivity index (χ2n) is 5.14. The molecule has 0 aromatic heterocycles. The maximum Gasteiger partial charge on any atom is 0.140 e. The van der Waals surface area contributed by atoms with Crippen molar-refractivity contribution in [1.82, 2.24) is 4.90 Å². The molecular weight excluding hydrogens is 206 g/mol. The van der Waals surface area contributed by atoms with Gasteiger partial charge in [-0.2, -0.15) is 0 Å². The molecule has 5 heteroatoms. The summed E-state index contributed by atoms with van der Waals surface area (Å²) in [4.78, 5) is 2.16. The Morgan fingerprint density at radius 1 is 1.62 bits per heavy atom. The smallest absolute Gasteiger partial charge is 0.140 e. The van der Waals surface area contributed by atoms with Crippen molar-refractivity contribution in [2.75, 3.05) is 20.1 Å². The molecule has 0 radical (unpaired) electrons. The molecule has 1 atom stereocenters. The van der Waals surface area contributed by atoms with Crippen LogP contribution in [0.4, 0.5) is 0 Å². The topological polar surface area (TPSA) is 71.1 Å². The molecule has 1 heterocycles. The molecule has 5 nitrogen and oxygen atoms in total. The maximum absolute atomic E-state index is 8.42. The summed E-state index contributed by atoms with van der Waals surface area (Å²) in [7, 11) is 2.03. The van der Waals surface area contributed by atoms with Crippen molar-refractivity contribution in [2.24, 2.45) is 10.9 Å². The molecule has 0 saturated carbocycles. The normalized spacial score (nSPS) is 25.2. The Morgan fingerprint density at radius 2 is 2.31 bits per heavy atom. The Morgan fingerprint density at radius 3 is 2.81 bits per heavy atom. The van der Waals surface area contributed by atoms with Crippen molar-refractivity contribution in [3.8, 4) is 0 Å². The Balaban J connectivity index is 2.22. The van der Waals surface area contributed by atoms with Crippen molar-refractivity contribution in [1.29, 1.82) is 0 Å². The van der Waals surface area contributed by atoms with Gasteiger partial charge in [-0.1, -0.05) is 5.16 Å². The first-order valence-corrected chi connectivity index (χ1v) is 5.76. The lowest BCUT2D eigenvalue weighted by Gasteiger charge is -2.23. The molecule has 1 fully saturated rings. The van der Waals surface area contributed by atoms with Gasteiger partial charge in [0.25, 0.3) is 0 Å². The summed E-state index contributed by atoms with van der Waals surface area (Å²) >= 11 is 0. The molecular formula is C11H23N3O2. The molecule has 0 amide bonds. The average molecular weight is 229 g/mol. The van der Waals surface area contributed by atoms with Crippen LogP contribution in [0.1, 0.15) is 33.1 Å². The van der Waals surface area contributed by atoms with Gasteiger partial charge in [-0.05, 0) is 33.7 Å². The number of amidine groups is 1. The third-order valence-electron chi connectivity index (χ3n) is 2.95. The number of ether oxygens (including phenoxy) is 1. The van der Waals surface area contributed by atoms with Gasteiger partial charge in [-0.25, -0.2) is 0 Å². The number of hydrogen-bond acceptors (Lipinski definition) is 4. The van der Waals surface area contributed by atoms with Gasteiger partial charge in [-0.15, -0.1) is 0 Å². The standard InChI is InChI=1S/C11H23N3O2/c1-11(2)6-4-9(16-11)8-14(3)7-5-10(12)13-15/h9,15H,4-8H2,1-3H3,(H2,12,13). The zero-order chi connectivity index (χ0) is 12.2. The molecule has 1 saturated heterocycles. The van der Waals surface area contributed by atoms with E-state index in [-0.39, 0.29) is 11.4 Å². The highest BCUT2D eigenvalue weighted by Gasteiger charge is 2.31. The summed E-state index contributed by atoms with van der Waals surface area (Å²) in [5.41, 5.74) is 5.44. The van der Waals surface area contributed by atoms with Gasteiger partial charge >= 0.3 is 0 Å². The Bertz CT molecular complexity index is 254. The molecule has 1 unspecified atom stereocenters. The van der Waals surface area contributed by atoms with Crippen molar-refractivity contribution in [3.63, 3.8) is 0 Å². The van der Waals surface area contributed by atoms with Crippen molar-refractivity contribution >= 4 is 5.84 Å². The fourth-order valence-corrected chi connectivity index (χ4v) is 2.00. The first kappa shape index (κ1) is 13.3. The molecule has 94 valence electrons. The van der Waals surface area contributed by atoms with E-state index >= 15 is 0 Å². The van der Waals surface area contributed by atoms with Gasteiger partial charge in [0.15, 0.2) is 0 Å². The molecule has 0 aromatic carbocycles. The lowest BCUT2D eigenvalue weighted by molar-refractivity contribution is -0.0257. The van der Waals surface area contributed by atoms with Gasteiger partial charge in [0.2, 0.25) is 0 Å². The van der Waals surface area contributed by atoms with Crippen LogP contribution in [0.2, 0.25) is 0 Å². The largest absolute Gasteiger partial charge is 0.409 e. The molecule has 3 N–H and O–H groups in total. The van der Waals surface area contributed by atoms with E-state index in [1.807, 2.05) is 7.05 Å². The third kappa shape index (κ3) is 4.37. The lowest BCUT2D eigenvalue weighted by atomic mass is 10.1. The number of likely N-dealkylation sites (N-methyl/N-ethyl adjacent to an activating group) is 1. The van der Waals surface area contributed by atoms with Crippen molar-refractivity contribution in [2.45, 2.75) is 44.8 Å². The van der Waals surface area contributed by atoms with Gasteiger partial charge in [0, 0.05) is 19.5 Å². The van der Waals surface area contributed by atoms with Crippen LogP contribution in [0.5, 0.6) is 0 Å². The minimum atomic E-state index is 0.0249. The van der Waals surface area contributed by atoms with E-state index < -0.39 is 0 Å². The van der Waals surface area contributed by atoms with E-state index in [0.717, 1.165) is 25.9 Å². The zero-order valence-electron chi connectivity index (χ0n) is 10.4. The quantitative estimate of drug-likeness (QED) is 0.319. The number of nitrogens with zero attached hydrogens (tertiary/aromatic N) is 2. The van der Waals surface area contributed by atoms with E-state index in [4.69, 9.17) is 15.7 Å². The Hall–Kier alpha value is -0.810. The summed E-state index contributed by atoms with van der Waals surface area (Å²) in [5.74, 6) is 0.277. The van der Waals surface area contributed by atoms with Crippen LogP contribution in [0.15, 0.2) is 5.16 Å². The summed E-state index contributed by atoms with van der Waals surface area (Å²) in [6.07, 6.45) is 3.13. The number of hydrogen-bond donors (Lipinski definition) is 2. The van der Waals surface area contributed by atoms with Crippen LogP contribution >= 0.6 is 0 Å². The van der Waals surface area contributed by atoms with Gasteiger partial charge < -0.3 is 20.6 Å². The zero-order valence-corrected chi connectivity index (χ0v) is 10.4. The number of rotatable bonds is 5. The second kappa shape index (κ2) is 5.50. The van der Waals surface area contributed by atoms with Gasteiger partial charge in [0.05, 0.1) is 11.7 Å². The molecule has 1 aliphatic rings. The van der Waals surface area contributed by atoms with Crippen LogP contribution in [-0.2, 0) is 4.74 Å². The highest BCUT2D eigenvalue weighted by Crippen LogP contribution is 2.29. The third-order valence-corrected chi connectivity index (χ3v) is 2.95. The van der Waals surface area contributed by atoms with Gasteiger partial charge in [-0.3, -0.25) is 0 Å². The first-order valence-electron chi connectivity index (χ1n) is 5.76. The van der Waals surface area contributed by atoms with E-state index in [0.29, 0.717) is 12.5 Å². The molecule has 0 bridgehead atoms. The first-order chi connectivity index (χ1) is 7.43. The van der Waals surface area contributed by atoms with E-state index in [1.54, 1.807) is 0 Å². The number of nitrogens with two attached hydrogens (primary N) is 1. The number of oxime groups is 1. The predicted octanol–water partition coefficient (Wildman–Crippen LogP) is 1.01. The van der Waals surface area contributed by atoms with Crippen LogP contribution < -0.4 is 5.73 Å². The lowest BCUT2D eigenvalue weighted by Crippen LogP contribution is -2.33. The summed E-state index contributed by atoms with van der Waals surface area (Å²) < 4.78 is 5.90. The predicted molar refractivity (Wildman–Crippen MR) is 63.7 cm³/mol. The monoisotopic (exact) mass is 229 g/mol. The average Bonchev–Trinajstić information content (AvgIpc) is 2.54. The molecule has 0 aliphatic carbocycles. The maximum atomic E-state index is 8.42. The van der Waals surface area contributed by atoms with Crippen molar-refractivity contribution in [3.05, 3.63) is 0 Å². The Labute approximate surface area is 97.2 Å². The van der Waals surface area contributed by atoms with Crippen molar-refractivity contribution < 1.29 is 9.94 Å². The molecule has 1 aliphatic heterocycles. The fraction of sp³-hybridized carbons (Fsp3) is 0.909. The molecule has 0 spiro atoms. The SMILES string of the molecule is CN(CCC(N)=NO)CC1CCC(C)(C)O1. The van der Waals surface area contributed by atoms with E-state index in [9.17, 15) is 0 Å². The summed E-state index contributed by atoms with van der Waals surface area (Å²) in [5, 5.41) is 11.4. The van der Waals surface area contributed by atoms with E-state index in [2.05, 4.69) is 23.9 Å². The van der Waals surface area contributed by atoms with Crippen LogP contribution in [-0.4, -0.2) is 47.8 Å². The second-order valence-corrected chi connectivity index (χ2v) is 5.14. The molecule has 0 aromatic rings. The van der Waals surface area contributed by atoms with Crippen LogP contribution in [0.3, 0.4) is 0 Å². The van der Waals surface area contributed by atoms with Gasteiger partial charge in [0.1, 0.15) is 5.84 Å². The summed E-state index contributed by atoms with van der Waals surface area (Å²) in [6.45, 7) is 5.95. The fourth-order valence-electron chi connectivity index (χ4n) is 2.00. The van der Waals surface area contributed by atoms with Crippen LogP contribution in [0, 0.1) is 0 Å². The highest BCUT2D eigenvalue weighted by atomic mass is 16.5. The minimum Gasteiger partial charge on any atom is -0.409 e. The van der Waals surface area contributed by atoms with E-state index in [1.165, 1.54) is 0 Å². The summed E-state index contributed by atoms with van der Waals surface area (Å²) in [6, 6.07) is 0. The highest BCUT2D eigenvalue weighted by molar-refractivity contribution is 5.79. The molecule has 1 rings (SSSR count). The minimum absolute atomic E-state index is 0.0249. The van der Waals surface area contributed by atoms with Crippen LogP contribution in [0.25, 0.3) is 0 Å².